The zero-order chi connectivity index (χ0) is 20.5. The molecule has 2 aromatic rings. The number of hydrogen-bond acceptors (Lipinski definition) is 3. The molecular formula is C21H25F4N3. The summed E-state index contributed by atoms with van der Waals surface area (Å²) in [5.74, 6) is -0.784. The molecule has 0 bridgehead atoms. The SMILES string of the molecule is CC(C)c1cc(Nc2cccc(C(F)(F)F)c2F)ncc1CN(C)C1CCC1. The van der Waals surface area contributed by atoms with Gasteiger partial charge in [0.25, 0.3) is 0 Å². The van der Waals surface area contributed by atoms with E-state index in [0.717, 1.165) is 23.7 Å². The van der Waals surface area contributed by atoms with Crippen molar-refractivity contribution in [2.24, 2.45) is 0 Å². The Hall–Kier alpha value is -2.15. The molecule has 0 spiro atoms. The molecule has 1 saturated carbocycles. The lowest BCUT2D eigenvalue weighted by molar-refractivity contribution is -0.139. The number of nitrogens with zero attached hydrogens (tertiary/aromatic N) is 2. The molecule has 0 atom stereocenters. The van der Waals surface area contributed by atoms with E-state index in [1.54, 1.807) is 12.3 Å². The second-order valence-corrected chi connectivity index (χ2v) is 7.71. The molecule has 1 aliphatic carbocycles. The second kappa shape index (κ2) is 8.07. The van der Waals surface area contributed by atoms with E-state index in [1.807, 2.05) is 0 Å². The highest BCUT2D eigenvalue weighted by Crippen LogP contribution is 2.35. The van der Waals surface area contributed by atoms with Crippen molar-refractivity contribution < 1.29 is 17.6 Å². The lowest BCUT2D eigenvalue weighted by atomic mass is 9.91. The van der Waals surface area contributed by atoms with E-state index in [4.69, 9.17) is 0 Å². The topological polar surface area (TPSA) is 28.2 Å². The average Bonchev–Trinajstić information content (AvgIpc) is 2.55. The minimum Gasteiger partial charge on any atom is -0.338 e. The Morgan fingerprint density at radius 1 is 1.25 bits per heavy atom. The van der Waals surface area contributed by atoms with Gasteiger partial charge in [0.2, 0.25) is 0 Å². The third kappa shape index (κ3) is 4.46. The zero-order valence-electron chi connectivity index (χ0n) is 16.3. The van der Waals surface area contributed by atoms with Crippen molar-refractivity contribution in [2.75, 3.05) is 12.4 Å². The maximum Gasteiger partial charge on any atom is 0.419 e. The molecule has 3 rings (SSSR count). The molecule has 0 radical (unpaired) electrons. The molecule has 1 aromatic heterocycles. The van der Waals surface area contributed by atoms with Crippen LogP contribution in [0.25, 0.3) is 0 Å². The van der Waals surface area contributed by atoms with Crippen molar-refractivity contribution in [3.8, 4) is 0 Å². The number of hydrogen-bond donors (Lipinski definition) is 1. The van der Waals surface area contributed by atoms with Crippen LogP contribution in [0, 0.1) is 5.82 Å². The maximum atomic E-state index is 14.3. The van der Waals surface area contributed by atoms with Crippen LogP contribution in [0.2, 0.25) is 0 Å². The number of pyridine rings is 1. The Balaban J connectivity index is 1.84. The van der Waals surface area contributed by atoms with Gasteiger partial charge >= 0.3 is 6.18 Å². The highest BCUT2D eigenvalue weighted by atomic mass is 19.4. The number of halogens is 4. The summed E-state index contributed by atoms with van der Waals surface area (Å²) in [5.41, 5.74) is 0.604. The van der Waals surface area contributed by atoms with Crippen molar-refractivity contribution in [2.45, 2.75) is 57.8 Å². The van der Waals surface area contributed by atoms with Crippen LogP contribution in [0.1, 0.15) is 55.7 Å². The van der Waals surface area contributed by atoms with Crippen molar-refractivity contribution in [3.05, 3.63) is 53.0 Å². The Morgan fingerprint density at radius 3 is 2.54 bits per heavy atom. The van der Waals surface area contributed by atoms with E-state index in [1.165, 1.54) is 31.4 Å². The van der Waals surface area contributed by atoms with E-state index >= 15 is 0 Å². The van der Waals surface area contributed by atoms with Crippen molar-refractivity contribution in [3.63, 3.8) is 0 Å². The highest BCUT2D eigenvalue weighted by Gasteiger charge is 2.35. The number of rotatable bonds is 6. The van der Waals surface area contributed by atoms with E-state index in [-0.39, 0.29) is 11.6 Å². The molecule has 1 fully saturated rings. The molecule has 0 saturated heterocycles. The molecule has 1 aromatic carbocycles. The number of anilines is 2. The lowest BCUT2D eigenvalue weighted by Crippen LogP contribution is -2.36. The highest BCUT2D eigenvalue weighted by molar-refractivity contribution is 5.59. The lowest BCUT2D eigenvalue weighted by Gasteiger charge is -2.35. The van der Waals surface area contributed by atoms with Crippen LogP contribution in [0.5, 0.6) is 0 Å². The van der Waals surface area contributed by atoms with E-state index in [0.29, 0.717) is 11.9 Å². The fourth-order valence-electron chi connectivity index (χ4n) is 3.45. The van der Waals surface area contributed by atoms with Gasteiger partial charge in [0, 0.05) is 18.8 Å². The van der Waals surface area contributed by atoms with Crippen molar-refractivity contribution >= 4 is 11.5 Å². The van der Waals surface area contributed by atoms with Crippen LogP contribution >= 0.6 is 0 Å². The summed E-state index contributed by atoms with van der Waals surface area (Å²) in [6, 6.07) is 5.58. The van der Waals surface area contributed by atoms with E-state index in [9.17, 15) is 17.6 Å². The Bertz CT molecular complexity index is 829. The molecule has 7 heteroatoms. The molecule has 3 nitrogen and oxygen atoms in total. The predicted molar refractivity (Wildman–Crippen MR) is 102 cm³/mol. The molecule has 0 amide bonds. The molecular weight excluding hydrogens is 370 g/mol. The zero-order valence-corrected chi connectivity index (χ0v) is 16.3. The van der Waals surface area contributed by atoms with Gasteiger partial charge in [0.15, 0.2) is 5.82 Å². The minimum absolute atomic E-state index is 0.208. The molecule has 0 aliphatic heterocycles. The van der Waals surface area contributed by atoms with Gasteiger partial charge in [0.05, 0.1) is 11.3 Å². The van der Waals surface area contributed by atoms with Crippen LogP contribution in [-0.2, 0) is 12.7 Å². The average molecular weight is 395 g/mol. The monoisotopic (exact) mass is 395 g/mol. The summed E-state index contributed by atoms with van der Waals surface area (Å²) in [7, 11) is 2.10. The van der Waals surface area contributed by atoms with Crippen molar-refractivity contribution in [1.82, 2.24) is 9.88 Å². The Labute approximate surface area is 162 Å². The van der Waals surface area contributed by atoms with Crippen LogP contribution in [0.15, 0.2) is 30.5 Å². The number of nitrogens with one attached hydrogen (secondary N) is 1. The van der Waals surface area contributed by atoms with Crippen LogP contribution < -0.4 is 5.32 Å². The van der Waals surface area contributed by atoms with Gasteiger partial charge < -0.3 is 5.32 Å². The van der Waals surface area contributed by atoms with E-state index < -0.39 is 17.6 Å². The number of alkyl halides is 3. The molecule has 28 heavy (non-hydrogen) atoms. The fraction of sp³-hybridized carbons (Fsp3) is 0.476. The smallest absolute Gasteiger partial charge is 0.338 e. The summed E-state index contributed by atoms with van der Waals surface area (Å²) in [5, 5.41) is 2.71. The van der Waals surface area contributed by atoms with Gasteiger partial charge in [-0.15, -0.1) is 0 Å². The summed E-state index contributed by atoms with van der Waals surface area (Å²) in [4.78, 5) is 6.63. The van der Waals surface area contributed by atoms with Crippen LogP contribution in [-0.4, -0.2) is 23.0 Å². The van der Waals surface area contributed by atoms with E-state index in [2.05, 4.69) is 36.1 Å². The van der Waals surface area contributed by atoms with Gasteiger partial charge in [-0.3, -0.25) is 4.90 Å². The first kappa shape index (κ1) is 20.6. The third-order valence-corrected chi connectivity index (χ3v) is 5.33. The van der Waals surface area contributed by atoms with Gasteiger partial charge in [0.1, 0.15) is 5.82 Å². The normalized spacial score (nSPS) is 15.2. The summed E-state index contributed by atoms with van der Waals surface area (Å²) in [6.07, 6.45) is 0.660. The summed E-state index contributed by atoms with van der Waals surface area (Å²) < 4.78 is 53.1. The van der Waals surface area contributed by atoms with Gasteiger partial charge in [-0.1, -0.05) is 26.3 Å². The van der Waals surface area contributed by atoms with Crippen molar-refractivity contribution in [1.29, 1.82) is 0 Å². The maximum absolute atomic E-state index is 14.3. The first-order valence-electron chi connectivity index (χ1n) is 9.48. The van der Waals surface area contributed by atoms with Gasteiger partial charge in [-0.2, -0.15) is 13.2 Å². The first-order valence-corrected chi connectivity index (χ1v) is 9.48. The first-order chi connectivity index (χ1) is 13.2. The third-order valence-electron chi connectivity index (χ3n) is 5.33. The molecule has 1 aliphatic rings. The fourth-order valence-corrected chi connectivity index (χ4v) is 3.45. The summed E-state index contributed by atoms with van der Waals surface area (Å²) in [6.45, 7) is 4.87. The quantitative estimate of drug-likeness (QED) is 0.600. The van der Waals surface area contributed by atoms with Gasteiger partial charge in [-0.05, 0) is 55.1 Å². The largest absolute Gasteiger partial charge is 0.419 e. The van der Waals surface area contributed by atoms with Crippen LogP contribution in [0.3, 0.4) is 0 Å². The molecule has 0 unspecified atom stereocenters. The Kier molecular flexibility index (Phi) is 5.93. The molecule has 1 N–H and O–H groups in total. The summed E-state index contributed by atoms with van der Waals surface area (Å²) >= 11 is 0. The van der Waals surface area contributed by atoms with Gasteiger partial charge in [-0.25, -0.2) is 9.37 Å². The van der Waals surface area contributed by atoms with Crippen LogP contribution in [0.4, 0.5) is 29.1 Å². The standard InChI is InChI=1S/C21H25F4N3/c1-13(2)16-10-19(26-11-14(16)12-28(3)15-6-4-7-15)27-18-9-5-8-17(20(18)22)21(23,24)25/h5,8-11,13,15H,4,6-7,12H2,1-3H3,(H,26,27). The predicted octanol–water partition coefficient (Wildman–Crippen LogP) is 6.09. The molecule has 152 valence electrons. The second-order valence-electron chi connectivity index (χ2n) is 7.71. The number of benzene rings is 1. The minimum atomic E-state index is -4.74. The molecule has 1 heterocycles. The number of aromatic nitrogens is 1. The Morgan fingerprint density at radius 2 is 1.96 bits per heavy atom.